The zero-order valence-corrected chi connectivity index (χ0v) is 25.7. The second kappa shape index (κ2) is 27.2. The summed E-state index contributed by atoms with van der Waals surface area (Å²) in [4.78, 5) is 11.9. The second-order valence-electron chi connectivity index (χ2n) is 10.7. The third kappa shape index (κ3) is 24.3. The van der Waals surface area contributed by atoms with Crippen molar-refractivity contribution in [3.05, 3.63) is 0 Å². The molecule has 4 heteroatoms. The van der Waals surface area contributed by atoms with Gasteiger partial charge in [0.05, 0.1) is 0 Å². The van der Waals surface area contributed by atoms with Crippen LogP contribution in [0.2, 0.25) is 0 Å². The summed E-state index contributed by atoms with van der Waals surface area (Å²) in [6.07, 6.45) is 32.5. The molecule has 0 saturated heterocycles. The Morgan fingerprint density at radius 3 is 0.943 bits per heavy atom. The lowest BCUT2D eigenvalue weighted by Crippen LogP contribution is -2.28. The number of aliphatic carboxylic acids is 1. The first-order chi connectivity index (χ1) is 17.1. The van der Waals surface area contributed by atoms with Crippen LogP contribution in [-0.4, -0.2) is 26.7 Å². The average molecular weight is 531 g/mol. The number of hydrogen-bond donors (Lipinski definition) is 1. The lowest BCUT2D eigenvalue weighted by Gasteiger charge is -2.23. The molecular weight excluding hydrogens is 468 g/mol. The molecule has 1 N–H and O–H groups in total. The zero-order chi connectivity index (χ0) is 25.9. The maximum absolute atomic E-state index is 11.9. The van der Waals surface area contributed by atoms with Crippen molar-refractivity contribution in [2.24, 2.45) is 0 Å². The zero-order valence-electron chi connectivity index (χ0n) is 24.1. The first-order valence-corrected chi connectivity index (χ1v) is 17.5. The van der Waals surface area contributed by atoms with Gasteiger partial charge < -0.3 is 5.11 Å². The molecule has 0 radical (unpaired) electrons. The molecule has 0 fully saturated rings. The molecule has 0 amide bonds. The Kier molecular flexibility index (Phi) is 27.3. The van der Waals surface area contributed by atoms with E-state index in [2.05, 4.69) is 13.8 Å². The predicted octanol–water partition coefficient (Wildman–Crippen LogP) is 11.7. The van der Waals surface area contributed by atoms with Crippen molar-refractivity contribution < 1.29 is 9.90 Å². The molecule has 0 unspecified atom stereocenters. The Hall–Kier alpha value is 0.170. The van der Waals surface area contributed by atoms with Crippen LogP contribution in [0, 0.1) is 0 Å². The molecule has 0 aliphatic carbocycles. The van der Waals surface area contributed by atoms with Crippen molar-refractivity contribution in [3.8, 4) is 0 Å². The molecule has 35 heavy (non-hydrogen) atoms. The molecule has 0 spiro atoms. The molecule has 0 aliphatic heterocycles. The van der Waals surface area contributed by atoms with Gasteiger partial charge in [-0.25, -0.2) is 4.79 Å². The van der Waals surface area contributed by atoms with Gasteiger partial charge in [-0.15, -0.1) is 23.5 Å². The van der Waals surface area contributed by atoms with Crippen LogP contribution in [0.4, 0.5) is 0 Å². The van der Waals surface area contributed by atoms with Crippen molar-refractivity contribution >= 4 is 29.5 Å². The topological polar surface area (TPSA) is 37.3 Å². The van der Waals surface area contributed by atoms with Gasteiger partial charge in [0.25, 0.3) is 0 Å². The fourth-order valence-electron chi connectivity index (χ4n) is 4.59. The molecule has 0 atom stereocenters. The number of carbonyl (C=O) groups is 1. The van der Waals surface area contributed by atoms with E-state index in [4.69, 9.17) is 0 Å². The van der Waals surface area contributed by atoms with Gasteiger partial charge in [-0.05, 0) is 31.3 Å². The Morgan fingerprint density at radius 2 is 0.714 bits per heavy atom. The number of hydrogen-bond acceptors (Lipinski definition) is 3. The first kappa shape index (κ1) is 35.2. The van der Waals surface area contributed by atoms with Crippen LogP contribution in [0.15, 0.2) is 0 Å². The summed E-state index contributed by atoms with van der Waals surface area (Å²) in [5, 5.41) is 9.77. The summed E-state index contributed by atoms with van der Waals surface area (Å²) in [5.41, 5.74) is 0. The molecule has 0 aliphatic rings. The van der Waals surface area contributed by atoms with Crippen molar-refractivity contribution in [2.45, 2.75) is 179 Å². The molecule has 2 nitrogen and oxygen atoms in total. The smallest absolute Gasteiger partial charge is 0.329 e. The number of unbranched alkanes of at least 4 members (excludes halogenated alkanes) is 22. The lowest BCUT2D eigenvalue weighted by molar-refractivity contribution is -0.136. The summed E-state index contributed by atoms with van der Waals surface area (Å²) < 4.78 is -0.671. The van der Waals surface area contributed by atoms with Gasteiger partial charge in [0.1, 0.15) is 0 Å². The van der Waals surface area contributed by atoms with Crippen LogP contribution in [0.25, 0.3) is 0 Å². The highest BCUT2D eigenvalue weighted by atomic mass is 32.2. The number of carboxylic acid groups (broad SMARTS) is 1. The van der Waals surface area contributed by atoms with Crippen molar-refractivity contribution in [1.29, 1.82) is 0 Å². The van der Waals surface area contributed by atoms with E-state index in [1.54, 1.807) is 23.5 Å². The molecule has 0 rings (SSSR count). The second-order valence-corrected chi connectivity index (χ2v) is 14.0. The minimum Gasteiger partial charge on any atom is -0.480 e. The van der Waals surface area contributed by atoms with Gasteiger partial charge in [-0.1, -0.05) is 155 Å². The number of thioether (sulfide) groups is 2. The Balaban J connectivity index is 3.57. The van der Waals surface area contributed by atoms with Crippen molar-refractivity contribution in [2.75, 3.05) is 11.5 Å². The predicted molar refractivity (Wildman–Crippen MR) is 163 cm³/mol. The van der Waals surface area contributed by atoms with Crippen LogP contribution in [0.1, 0.15) is 175 Å². The van der Waals surface area contributed by atoms with E-state index in [-0.39, 0.29) is 0 Å². The van der Waals surface area contributed by atoms with Gasteiger partial charge in [-0.2, -0.15) is 0 Å². The summed E-state index contributed by atoms with van der Waals surface area (Å²) in [5.74, 6) is 1.31. The SMILES string of the molecule is CCCCCCCCCCCCCCSC(C)(SCCCCCCCCCCCCCC)C(=O)O. The molecule has 0 aromatic carbocycles. The van der Waals surface area contributed by atoms with Gasteiger partial charge in [-0.3, -0.25) is 0 Å². The Labute approximate surface area is 229 Å². The van der Waals surface area contributed by atoms with Crippen LogP contribution >= 0.6 is 23.5 Å². The van der Waals surface area contributed by atoms with Gasteiger partial charge in [0, 0.05) is 0 Å². The quantitative estimate of drug-likeness (QED) is 0.0770. The van der Waals surface area contributed by atoms with E-state index in [1.165, 1.54) is 141 Å². The van der Waals surface area contributed by atoms with Crippen molar-refractivity contribution in [3.63, 3.8) is 0 Å². The normalized spacial score (nSPS) is 11.9. The fourth-order valence-corrected chi connectivity index (χ4v) is 7.14. The third-order valence-corrected chi connectivity index (χ3v) is 10.3. The van der Waals surface area contributed by atoms with Gasteiger partial charge in [0.2, 0.25) is 0 Å². The van der Waals surface area contributed by atoms with Crippen LogP contribution in [0.5, 0.6) is 0 Å². The fraction of sp³-hybridized carbons (Fsp3) is 0.968. The minimum absolute atomic E-state index is 0.648. The molecule has 0 aromatic heterocycles. The van der Waals surface area contributed by atoms with E-state index in [0.29, 0.717) is 0 Å². The first-order valence-electron chi connectivity index (χ1n) is 15.6. The summed E-state index contributed by atoms with van der Waals surface area (Å²) >= 11 is 3.32. The largest absolute Gasteiger partial charge is 0.480 e. The van der Waals surface area contributed by atoms with Gasteiger partial charge in [0.15, 0.2) is 4.08 Å². The Morgan fingerprint density at radius 1 is 0.486 bits per heavy atom. The highest BCUT2D eigenvalue weighted by molar-refractivity contribution is 8.19. The lowest BCUT2D eigenvalue weighted by atomic mass is 10.1. The standard InChI is InChI=1S/C31H62O2S2/c1-4-6-8-10-12-14-16-18-20-22-24-26-28-34-31(3,30(32)33)35-29-27-25-23-21-19-17-15-13-11-9-7-5-2/h4-29H2,1-3H3,(H,32,33). The van der Waals surface area contributed by atoms with E-state index in [9.17, 15) is 9.90 Å². The van der Waals surface area contributed by atoms with Crippen LogP contribution in [-0.2, 0) is 4.79 Å². The van der Waals surface area contributed by atoms with Crippen LogP contribution < -0.4 is 0 Å². The molecule has 0 saturated carbocycles. The molecular formula is C31H62O2S2. The van der Waals surface area contributed by atoms with E-state index < -0.39 is 10.0 Å². The van der Waals surface area contributed by atoms with Crippen LogP contribution in [0.3, 0.4) is 0 Å². The van der Waals surface area contributed by atoms with Crippen molar-refractivity contribution in [1.82, 2.24) is 0 Å². The highest BCUT2D eigenvalue weighted by Gasteiger charge is 2.33. The maximum Gasteiger partial charge on any atom is 0.329 e. The number of carboxylic acids is 1. The third-order valence-electron chi connectivity index (χ3n) is 7.14. The molecule has 210 valence electrons. The molecule has 0 aromatic rings. The van der Waals surface area contributed by atoms with E-state index in [0.717, 1.165) is 24.3 Å². The summed E-state index contributed by atoms with van der Waals surface area (Å²) in [7, 11) is 0. The Bertz CT molecular complexity index is 412. The average Bonchev–Trinajstić information content (AvgIpc) is 2.84. The monoisotopic (exact) mass is 530 g/mol. The summed E-state index contributed by atoms with van der Waals surface area (Å²) in [6, 6.07) is 0. The molecule has 0 bridgehead atoms. The minimum atomic E-state index is -0.671. The maximum atomic E-state index is 11.9. The highest BCUT2D eigenvalue weighted by Crippen LogP contribution is 2.38. The van der Waals surface area contributed by atoms with Gasteiger partial charge >= 0.3 is 5.97 Å². The number of rotatable bonds is 29. The van der Waals surface area contributed by atoms with E-state index in [1.807, 2.05) is 6.92 Å². The van der Waals surface area contributed by atoms with E-state index >= 15 is 0 Å². The summed E-state index contributed by atoms with van der Waals surface area (Å²) in [6.45, 7) is 6.48. The molecule has 0 heterocycles.